The van der Waals surface area contributed by atoms with E-state index in [0.29, 0.717) is 39.3 Å². The van der Waals surface area contributed by atoms with E-state index in [0.717, 1.165) is 32.5 Å². The van der Waals surface area contributed by atoms with Crippen molar-refractivity contribution in [1.29, 1.82) is 0 Å². The summed E-state index contributed by atoms with van der Waals surface area (Å²) in [6, 6.07) is -0.500. The van der Waals surface area contributed by atoms with Gasteiger partial charge in [0.05, 0.1) is 0 Å². The van der Waals surface area contributed by atoms with Crippen molar-refractivity contribution in [3.05, 3.63) is 24.3 Å². The Morgan fingerprint density at radius 1 is 0.490 bits per heavy atom. The molecule has 0 aromatic rings. The summed E-state index contributed by atoms with van der Waals surface area (Å²) in [6.07, 6.45) is 47.5. The molecule has 0 saturated heterocycles. The third-order valence-electron chi connectivity index (χ3n) is 9.96. The highest BCUT2D eigenvalue weighted by Crippen LogP contribution is 2.12. The lowest BCUT2D eigenvalue weighted by Crippen LogP contribution is -2.50. The second-order valence-electron chi connectivity index (χ2n) is 15.0. The van der Waals surface area contributed by atoms with Gasteiger partial charge in [-0.2, -0.15) is 0 Å². The van der Waals surface area contributed by atoms with E-state index in [9.17, 15) is 4.79 Å². The van der Waals surface area contributed by atoms with Crippen LogP contribution in [0.25, 0.3) is 0 Å². The average Bonchev–Trinajstić information content (AvgIpc) is 3.14. The van der Waals surface area contributed by atoms with Crippen LogP contribution < -0.4 is 16.4 Å². The Labute approximate surface area is 318 Å². The highest BCUT2D eigenvalue weighted by Gasteiger charge is 2.31. The number of carbonyl (C=O) groups excluding carboxylic acids is 1. The van der Waals surface area contributed by atoms with Gasteiger partial charge in [0.25, 0.3) is 0 Å². The molecule has 0 heterocycles. The van der Waals surface area contributed by atoms with Crippen LogP contribution in [0.1, 0.15) is 206 Å². The molecule has 0 aliphatic rings. The first kappa shape index (κ1) is 49.9. The summed E-state index contributed by atoms with van der Waals surface area (Å²) < 4.78 is 11.9. The van der Waals surface area contributed by atoms with Crippen LogP contribution in [0.5, 0.6) is 0 Å². The maximum atomic E-state index is 13.0. The third-order valence-corrected chi connectivity index (χ3v) is 9.96. The highest BCUT2D eigenvalue weighted by molar-refractivity contribution is 5.83. The highest BCUT2D eigenvalue weighted by atomic mass is 16.5. The van der Waals surface area contributed by atoms with Crippen molar-refractivity contribution >= 4 is 5.91 Å². The van der Waals surface area contributed by atoms with E-state index >= 15 is 0 Å². The van der Waals surface area contributed by atoms with Crippen molar-refractivity contribution in [1.82, 2.24) is 4.90 Å². The Morgan fingerprint density at radius 2 is 0.824 bits per heavy atom. The van der Waals surface area contributed by atoms with Crippen LogP contribution in [0.3, 0.4) is 0 Å². The van der Waals surface area contributed by atoms with Crippen LogP contribution in [-0.2, 0) is 14.3 Å². The lowest BCUT2D eigenvalue weighted by atomic mass is 10.1. The molecule has 0 saturated carbocycles. The number of unbranched alkanes of at least 4 members (excludes halogenated alkanes) is 24. The van der Waals surface area contributed by atoms with Crippen molar-refractivity contribution in [2.24, 2.45) is 11.5 Å². The van der Waals surface area contributed by atoms with Gasteiger partial charge in [-0.15, -0.1) is 0 Å². The molecule has 1 atom stereocenters. The lowest BCUT2D eigenvalue weighted by molar-refractivity contribution is -0.128. The lowest BCUT2D eigenvalue weighted by Gasteiger charge is -2.15. The molecule has 0 spiro atoms. The SMILES string of the molecule is CCCCCCCC/C=C\CCCCCCCCOCC[N+](CCOCCCCCCCC/C=C\CCCCCCCC)C(=O)[C@@H](N)CCCN. The standard InChI is InChI=1S/C45H89N3O3/c1-3-5-7-9-11-13-15-17-19-21-23-25-27-29-31-33-40-50-42-38-48(45(49)44(47)36-35-37-46)39-43-51-41-34-32-30-28-26-24-22-20-18-16-14-12-10-8-6-4-2/h17-20,44H,3-16,21-43,46-47H2,1-2H3/q+1/b19-17-,20-18-/t44-/m0/s1. The predicted octanol–water partition coefficient (Wildman–Crippen LogP) is 11.8. The van der Waals surface area contributed by atoms with Gasteiger partial charge in [0, 0.05) is 13.2 Å². The fourth-order valence-corrected chi connectivity index (χ4v) is 6.48. The van der Waals surface area contributed by atoms with Gasteiger partial charge in [-0.3, -0.25) is 0 Å². The molecular weight excluding hydrogens is 631 g/mol. The molecular formula is C45H89N3O3+. The summed E-state index contributed by atoms with van der Waals surface area (Å²) >= 11 is 0. The molecule has 0 rings (SSSR count). The molecule has 0 bridgehead atoms. The van der Waals surface area contributed by atoms with Crippen LogP contribution in [0.2, 0.25) is 0 Å². The van der Waals surface area contributed by atoms with Crippen molar-refractivity contribution < 1.29 is 14.3 Å². The zero-order chi connectivity index (χ0) is 37.1. The normalized spacial score (nSPS) is 12.6. The smallest absolute Gasteiger partial charge is 0.375 e. The molecule has 6 heteroatoms. The number of rotatable bonds is 42. The van der Waals surface area contributed by atoms with Crippen LogP contribution >= 0.6 is 0 Å². The van der Waals surface area contributed by atoms with E-state index in [4.69, 9.17) is 20.9 Å². The molecule has 1 amide bonds. The first-order valence-corrected chi connectivity index (χ1v) is 22.4. The van der Waals surface area contributed by atoms with Crippen LogP contribution in [-0.4, -0.2) is 58.0 Å². The van der Waals surface area contributed by atoms with E-state index in [1.165, 1.54) is 167 Å². The maximum Gasteiger partial charge on any atom is 0.377 e. The monoisotopic (exact) mass is 720 g/mol. The number of carbonyl (C=O) groups is 1. The molecule has 1 radical (unpaired) electrons. The zero-order valence-corrected chi connectivity index (χ0v) is 34.4. The minimum absolute atomic E-state index is 0.00911. The van der Waals surface area contributed by atoms with Crippen molar-refractivity contribution in [2.45, 2.75) is 213 Å². The van der Waals surface area contributed by atoms with Gasteiger partial charge >= 0.3 is 5.91 Å². The van der Waals surface area contributed by atoms with E-state index < -0.39 is 6.04 Å². The summed E-state index contributed by atoms with van der Waals surface area (Å²) in [4.78, 5) is 14.9. The largest absolute Gasteiger partial charge is 0.377 e. The quantitative estimate of drug-likeness (QED) is 0.0372. The number of hydrogen-bond acceptors (Lipinski definition) is 5. The summed E-state index contributed by atoms with van der Waals surface area (Å²) in [5, 5.41) is 0. The number of amides is 1. The third kappa shape index (κ3) is 38.5. The number of ether oxygens (including phenoxy) is 2. The second kappa shape index (κ2) is 43.4. The Hall–Kier alpha value is -1.05. The molecule has 0 aromatic carbocycles. The minimum atomic E-state index is -0.500. The first-order valence-electron chi connectivity index (χ1n) is 22.4. The zero-order valence-electron chi connectivity index (χ0n) is 34.4. The Bertz CT molecular complexity index is 696. The summed E-state index contributed by atoms with van der Waals surface area (Å²) in [5.74, 6) is -0.00911. The molecule has 6 nitrogen and oxygen atoms in total. The van der Waals surface area contributed by atoms with Crippen molar-refractivity contribution in [2.75, 3.05) is 46.1 Å². The van der Waals surface area contributed by atoms with E-state index in [1.54, 1.807) is 0 Å². The van der Waals surface area contributed by atoms with Gasteiger partial charge < -0.3 is 20.9 Å². The number of nitrogens with zero attached hydrogens (tertiary/aromatic N) is 1. The molecule has 0 unspecified atom stereocenters. The van der Waals surface area contributed by atoms with Gasteiger partial charge in [0.1, 0.15) is 19.3 Å². The minimum Gasteiger partial charge on any atom is -0.375 e. The molecule has 0 aliphatic carbocycles. The van der Waals surface area contributed by atoms with Gasteiger partial charge in [-0.25, -0.2) is 4.79 Å². The fraction of sp³-hybridized carbons (Fsp3) is 0.889. The maximum absolute atomic E-state index is 13.0. The fourth-order valence-electron chi connectivity index (χ4n) is 6.48. The Morgan fingerprint density at radius 3 is 1.18 bits per heavy atom. The molecule has 51 heavy (non-hydrogen) atoms. The van der Waals surface area contributed by atoms with Crippen molar-refractivity contribution in [3.63, 3.8) is 0 Å². The predicted molar refractivity (Wildman–Crippen MR) is 224 cm³/mol. The molecule has 0 fully saturated rings. The summed E-state index contributed by atoms with van der Waals surface area (Å²) in [6.45, 7) is 8.87. The van der Waals surface area contributed by atoms with Crippen LogP contribution in [0.4, 0.5) is 0 Å². The van der Waals surface area contributed by atoms with Gasteiger partial charge in [-0.05, 0) is 83.6 Å². The Kier molecular flexibility index (Phi) is 42.5. The van der Waals surface area contributed by atoms with Crippen molar-refractivity contribution in [3.8, 4) is 0 Å². The molecule has 0 aliphatic heterocycles. The summed E-state index contributed by atoms with van der Waals surface area (Å²) in [7, 11) is 0. The van der Waals surface area contributed by atoms with Crippen LogP contribution in [0.15, 0.2) is 24.3 Å². The van der Waals surface area contributed by atoms with Gasteiger partial charge in [-0.1, -0.05) is 159 Å². The van der Waals surface area contributed by atoms with E-state index in [-0.39, 0.29) is 5.91 Å². The Balaban J connectivity index is 3.85. The number of hydrogen-bond donors (Lipinski definition) is 2. The number of nitrogens with two attached hydrogens (primary N) is 2. The summed E-state index contributed by atoms with van der Waals surface area (Å²) in [5.41, 5.74) is 11.9. The molecule has 0 aromatic heterocycles. The second-order valence-corrected chi connectivity index (χ2v) is 15.0. The van der Waals surface area contributed by atoms with Crippen LogP contribution in [0, 0.1) is 0 Å². The van der Waals surface area contributed by atoms with E-state index in [2.05, 4.69) is 38.2 Å². The van der Waals surface area contributed by atoms with Gasteiger partial charge in [0.15, 0.2) is 13.1 Å². The molecule has 301 valence electrons. The average molecular weight is 720 g/mol. The molecule has 4 N–H and O–H groups in total. The topological polar surface area (TPSA) is 93.5 Å². The van der Waals surface area contributed by atoms with Gasteiger partial charge in [0.2, 0.25) is 0 Å². The number of allylic oxidation sites excluding steroid dienone is 4. The first-order chi connectivity index (χ1) is 25.2. The van der Waals surface area contributed by atoms with E-state index in [1.807, 2.05) is 4.90 Å².